The van der Waals surface area contributed by atoms with Crippen LogP contribution in [0.5, 0.6) is 0 Å². The molecule has 2 nitrogen and oxygen atoms in total. The molecule has 1 rings (SSSR count). The van der Waals surface area contributed by atoms with Gasteiger partial charge in [0, 0.05) is 40.6 Å². The van der Waals surface area contributed by atoms with Gasteiger partial charge in [-0.25, -0.2) is 0 Å². The van der Waals surface area contributed by atoms with E-state index in [0.717, 1.165) is 31.8 Å². The second-order valence-electron chi connectivity index (χ2n) is 3.52. The van der Waals surface area contributed by atoms with Gasteiger partial charge in [-0.3, -0.25) is 4.21 Å². The van der Waals surface area contributed by atoms with Crippen molar-refractivity contribution in [3.05, 3.63) is 0 Å². The highest BCUT2D eigenvalue weighted by molar-refractivity contribution is 7.98. The molecule has 78 valence electrons. The van der Waals surface area contributed by atoms with E-state index in [0.29, 0.717) is 5.25 Å². The third-order valence-corrected chi connectivity index (χ3v) is 4.83. The summed E-state index contributed by atoms with van der Waals surface area (Å²) >= 11 is 1.89. The van der Waals surface area contributed by atoms with Crippen LogP contribution in [0.4, 0.5) is 0 Å². The monoisotopic (exact) mass is 221 g/mol. The molecule has 1 fully saturated rings. The molecular formula is C9H19NOS2. The molecule has 1 saturated heterocycles. The molecule has 1 aliphatic heterocycles. The highest BCUT2D eigenvalue weighted by Crippen LogP contribution is 2.09. The molecule has 2 atom stereocenters. The van der Waals surface area contributed by atoms with Crippen molar-refractivity contribution in [1.29, 1.82) is 0 Å². The largest absolute Gasteiger partial charge is 0.302 e. The van der Waals surface area contributed by atoms with E-state index in [-0.39, 0.29) is 0 Å². The lowest BCUT2D eigenvalue weighted by molar-refractivity contribution is 0.310. The maximum atomic E-state index is 11.5. The van der Waals surface area contributed by atoms with Crippen LogP contribution in [-0.2, 0) is 10.8 Å². The van der Waals surface area contributed by atoms with Gasteiger partial charge in [0.1, 0.15) is 0 Å². The van der Waals surface area contributed by atoms with E-state index in [1.54, 1.807) is 0 Å². The molecule has 1 heterocycles. The van der Waals surface area contributed by atoms with Gasteiger partial charge in [-0.15, -0.1) is 0 Å². The number of hydrogen-bond acceptors (Lipinski definition) is 3. The van der Waals surface area contributed by atoms with Crippen molar-refractivity contribution < 1.29 is 4.21 Å². The third kappa shape index (κ3) is 4.00. The molecule has 2 unspecified atom stereocenters. The molecule has 1 aliphatic rings. The van der Waals surface area contributed by atoms with Gasteiger partial charge in [-0.2, -0.15) is 11.8 Å². The number of thioether (sulfide) groups is 1. The van der Waals surface area contributed by atoms with Crippen LogP contribution in [0.1, 0.15) is 13.3 Å². The highest BCUT2D eigenvalue weighted by atomic mass is 32.2. The van der Waals surface area contributed by atoms with Crippen molar-refractivity contribution in [3.8, 4) is 0 Å². The van der Waals surface area contributed by atoms with Crippen molar-refractivity contribution in [1.82, 2.24) is 4.90 Å². The zero-order valence-electron chi connectivity index (χ0n) is 8.49. The normalized spacial score (nSPS) is 31.5. The molecule has 0 saturated carbocycles. The second-order valence-corrected chi connectivity index (χ2v) is 6.48. The maximum Gasteiger partial charge on any atom is 0.0365 e. The van der Waals surface area contributed by atoms with Crippen molar-refractivity contribution in [3.63, 3.8) is 0 Å². The average Bonchev–Trinajstić information content (AvgIpc) is 2.29. The van der Waals surface area contributed by atoms with Gasteiger partial charge in [0.15, 0.2) is 0 Å². The van der Waals surface area contributed by atoms with Crippen LogP contribution in [0.2, 0.25) is 0 Å². The predicted molar refractivity (Wildman–Crippen MR) is 61.9 cm³/mol. The van der Waals surface area contributed by atoms with Crippen LogP contribution < -0.4 is 0 Å². The smallest absolute Gasteiger partial charge is 0.0365 e. The number of rotatable bonds is 3. The van der Waals surface area contributed by atoms with E-state index in [1.165, 1.54) is 5.75 Å². The Bertz CT molecular complexity index is 175. The first-order valence-electron chi connectivity index (χ1n) is 4.82. The minimum absolute atomic E-state index is 0.402. The van der Waals surface area contributed by atoms with Crippen molar-refractivity contribution in [2.24, 2.45) is 0 Å². The molecule has 0 bridgehead atoms. The van der Waals surface area contributed by atoms with Crippen LogP contribution in [0.3, 0.4) is 0 Å². The molecule has 4 heteroatoms. The van der Waals surface area contributed by atoms with Gasteiger partial charge < -0.3 is 4.90 Å². The Balaban J connectivity index is 2.31. The minimum atomic E-state index is -0.577. The molecule has 13 heavy (non-hydrogen) atoms. The first kappa shape index (κ1) is 11.5. The van der Waals surface area contributed by atoms with Crippen LogP contribution in [0.25, 0.3) is 0 Å². The lowest BCUT2D eigenvalue weighted by Crippen LogP contribution is -2.28. The molecule has 0 aliphatic carbocycles. The van der Waals surface area contributed by atoms with Gasteiger partial charge >= 0.3 is 0 Å². The van der Waals surface area contributed by atoms with Gasteiger partial charge in [0.2, 0.25) is 0 Å². The van der Waals surface area contributed by atoms with E-state index in [4.69, 9.17) is 0 Å². The first-order chi connectivity index (χ1) is 6.24. The SMILES string of the molecule is CSCCN1CCC(C)S(=O)CC1. The van der Waals surface area contributed by atoms with E-state index >= 15 is 0 Å². The number of nitrogens with zero attached hydrogens (tertiary/aromatic N) is 1. The summed E-state index contributed by atoms with van der Waals surface area (Å²) in [6.07, 6.45) is 3.24. The second kappa shape index (κ2) is 6.04. The lowest BCUT2D eigenvalue weighted by Gasteiger charge is -2.18. The Morgan fingerprint density at radius 2 is 2.31 bits per heavy atom. The van der Waals surface area contributed by atoms with Crippen molar-refractivity contribution >= 4 is 22.6 Å². The first-order valence-corrected chi connectivity index (χ1v) is 7.60. The Morgan fingerprint density at radius 3 is 3.00 bits per heavy atom. The summed E-state index contributed by atoms with van der Waals surface area (Å²) in [5.74, 6) is 2.07. The summed E-state index contributed by atoms with van der Waals surface area (Å²) in [5, 5.41) is 0.402. The molecule has 0 spiro atoms. The topological polar surface area (TPSA) is 20.3 Å². The van der Waals surface area contributed by atoms with Crippen LogP contribution in [-0.4, -0.2) is 51.8 Å². The summed E-state index contributed by atoms with van der Waals surface area (Å²) in [4.78, 5) is 2.44. The standard InChI is InChI=1S/C9H19NOS2/c1-9-3-4-10(5-7-12-2)6-8-13(9)11/h9H,3-8H2,1-2H3. The molecule has 0 N–H and O–H groups in total. The zero-order chi connectivity index (χ0) is 9.68. The molecule has 0 aromatic heterocycles. The Hall–Kier alpha value is 0.460. The van der Waals surface area contributed by atoms with Gasteiger partial charge in [-0.1, -0.05) is 6.92 Å². The third-order valence-electron chi connectivity index (χ3n) is 2.52. The quantitative estimate of drug-likeness (QED) is 0.714. The van der Waals surface area contributed by atoms with Crippen LogP contribution in [0.15, 0.2) is 0 Å². The highest BCUT2D eigenvalue weighted by Gasteiger charge is 2.18. The molecular weight excluding hydrogens is 202 g/mol. The summed E-state index contributed by atoms with van der Waals surface area (Å²) in [6.45, 7) is 5.42. The fourth-order valence-electron chi connectivity index (χ4n) is 1.47. The minimum Gasteiger partial charge on any atom is -0.302 e. The van der Waals surface area contributed by atoms with E-state index < -0.39 is 10.8 Å². The van der Waals surface area contributed by atoms with Crippen LogP contribution in [0, 0.1) is 0 Å². The van der Waals surface area contributed by atoms with E-state index in [2.05, 4.69) is 18.1 Å². The Labute approximate surface area is 87.9 Å². The summed E-state index contributed by atoms with van der Waals surface area (Å²) in [5.41, 5.74) is 0. The molecule has 0 aromatic rings. The lowest BCUT2D eigenvalue weighted by atomic mass is 10.3. The zero-order valence-corrected chi connectivity index (χ0v) is 10.1. The predicted octanol–water partition coefficient (Wildman–Crippen LogP) is 1.19. The van der Waals surface area contributed by atoms with Crippen molar-refractivity contribution in [2.75, 3.05) is 37.4 Å². The summed E-state index contributed by atoms with van der Waals surface area (Å²) in [6, 6.07) is 0. The fraction of sp³-hybridized carbons (Fsp3) is 1.00. The molecule has 0 radical (unpaired) electrons. The maximum absolute atomic E-state index is 11.5. The Morgan fingerprint density at radius 1 is 1.54 bits per heavy atom. The summed E-state index contributed by atoms with van der Waals surface area (Å²) in [7, 11) is -0.577. The van der Waals surface area contributed by atoms with E-state index in [1.807, 2.05) is 11.8 Å². The summed E-state index contributed by atoms with van der Waals surface area (Å²) < 4.78 is 11.5. The Kier molecular flexibility index (Phi) is 5.36. The van der Waals surface area contributed by atoms with Gasteiger partial charge in [-0.05, 0) is 19.2 Å². The molecule has 0 aromatic carbocycles. The van der Waals surface area contributed by atoms with E-state index in [9.17, 15) is 4.21 Å². The van der Waals surface area contributed by atoms with Crippen LogP contribution >= 0.6 is 11.8 Å². The van der Waals surface area contributed by atoms with Gasteiger partial charge in [0.05, 0.1) is 0 Å². The van der Waals surface area contributed by atoms with Gasteiger partial charge in [0.25, 0.3) is 0 Å². The molecule has 0 amide bonds. The van der Waals surface area contributed by atoms with Crippen molar-refractivity contribution in [2.45, 2.75) is 18.6 Å². The fourth-order valence-corrected chi connectivity index (χ4v) is 3.12. The number of hydrogen-bond donors (Lipinski definition) is 0. The average molecular weight is 221 g/mol.